The van der Waals surface area contributed by atoms with Gasteiger partial charge in [-0.25, -0.2) is 4.98 Å². The smallest absolute Gasteiger partial charge is 0.302 e. The number of hydrogen-bond donors (Lipinski definition) is 4. The summed E-state index contributed by atoms with van der Waals surface area (Å²) in [6.45, 7) is 11.1. The summed E-state index contributed by atoms with van der Waals surface area (Å²) in [7, 11) is 0. The molecule has 2 aliphatic heterocycles. The Hall–Kier alpha value is -6.42. The number of carbonyl (C=O) groups is 3. The lowest BCUT2D eigenvalue weighted by Gasteiger charge is -2.37. The molecule has 2 aromatic carbocycles. The van der Waals surface area contributed by atoms with Crippen LogP contribution in [0.4, 0.5) is 20.3 Å². The van der Waals surface area contributed by atoms with Crippen LogP contribution in [-0.2, 0) is 20.9 Å². The van der Waals surface area contributed by atoms with E-state index in [2.05, 4.69) is 35.6 Å². The Kier molecular flexibility index (Phi) is 11.6. The first-order chi connectivity index (χ1) is 28.5. The second-order valence-electron chi connectivity index (χ2n) is 16.5. The van der Waals surface area contributed by atoms with E-state index in [0.29, 0.717) is 55.2 Å². The molecule has 0 bridgehead atoms. The minimum absolute atomic E-state index is 0.0336. The molecule has 5 aromatic rings. The fraction of sp³-hybridized carbons (Fsp3) is 0.364. The zero-order chi connectivity index (χ0) is 42.9. The summed E-state index contributed by atoms with van der Waals surface area (Å²) >= 11 is 0. The standard InChI is InChI=1S/C44H48F2N10O4/c1-25-20-28(8-12-32(25)26(2)51-41(59)39-53-42(60-54-39)43(3,4)5)37(47)34-21-30(23-50-38(34)48)27-6-10-31(11-7-27)56-18-16-55(17-19-56)24-44(45,46)35-14-9-29(22-49-35)33-13-15-36(57)52-40(33)58/h6-12,14,20-23,26,33,47H,13,15-19,24H2,1-5H3,(H2,48,50)(H,51,59)(H,52,57,58)/t26-,33?/m1/s1. The number of halogens is 2. The summed E-state index contributed by atoms with van der Waals surface area (Å²) in [4.78, 5) is 53.1. The second kappa shape index (κ2) is 16.7. The molecule has 0 radical (unpaired) electrons. The van der Waals surface area contributed by atoms with E-state index in [-0.39, 0.29) is 46.8 Å². The van der Waals surface area contributed by atoms with Crippen LogP contribution in [0.15, 0.2) is 77.6 Å². The number of piperazine rings is 1. The zero-order valence-corrected chi connectivity index (χ0v) is 34.2. The van der Waals surface area contributed by atoms with E-state index in [4.69, 9.17) is 15.7 Å². The van der Waals surface area contributed by atoms with Crippen molar-refractivity contribution in [1.29, 1.82) is 5.41 Å². The zero-order valence-electron chi connectivity index (χ0n) is 34.2. The number of nitrogens with two attached hydrogens (primary N) is 1. The fourth-order valence-corrected chi connectivity index (χ4v) is 7.50. The number of aromatic nitrogens is 4. The lowest BCUT2D eigenvalue weighted by atomic mass is 9.91. The molecule has 5 heterocycles. The van der Waals surface area contributed by atoms with Gasteiger partial charge in [-0.15, -0.1) is 0 Å². The van der Waals surface area contributed by atoms with Crippen molar-refractivity contribution in [2.75, 3.05) is 43.4 Å². The summed E-state index contributed by atoms with van der Waals surface area (Å²) < 4.78 is 36.0. The number of piperidine rings is 1. The highest BCUT2D eigenvalue weighted by atomic mass is 19.3. The predicted octanol–water partition coefficient (Wildman–Crippen LogP) is 6.06. The molecule has 312 valence electrons. The van der Waals surface area contributed by atoms with Crippen LogP contribution in [-0.4, -0.2) is 81.2 Å². The molecule has 3 amide bonds. The minimum atomic E-state index is -3.19. The Morgan fingerprint density at radius 3 is 2.37 bits per heavy atom. The molecule has 1 unspecified atom stereocenters. The maximum Gasteiger partial charge on any atom is 0.302 e. The lowest BCUT2D eigenvalue weighted by molar-refractivity contribution is -0.134. The van der Waals surface area contributed by atoms with Crippen LogP contribution in [0, 0.1) is 12.3 Å². The number of nitrogens with zero attached hydrogens (tertiary/aromatic N) is 6. The number of nitrogens with one attached hydrogen (secondary N) is 3. The van der Waals surface area contributed by atoms with Gasteiger partial charge in [-0.05, 0) is 72.9 Å². The van der Waals surface area contributed by atoms with E-state index in [1.165, 1.54) is 18.3 Å². The van der Waals surface area contributed by atoms with Crippen molar-refractivity contribution in [1.82, 2.24) is 35.6 Å². The average Bonchev–Trinajstić information content (AvgIpc) is 3.73. The van der Waals surface area contributed by atoms with E-state index >= 15 is 8.78 Å². The van der Waals surface area contributed by atoms with Gasteiger partial charge in [0.2, 0.25) is 17.7 Å². The summed E-state index contributed by atoms with van der Waals surface area (Å²) in [6, 6.07) is 17.7. The number of rotatable bonds is 11. The molecule has 0 aliphatic carbocycles. The summed E-state index contributed by atoms with van der Waals surface area (Å²) in [5.74, 6) is -4.42. The Morgan fingerprint density at radius 1 is 1.00 bits per heavy atom. The maximum absolute atomic E-state index is 15.4. The highest BCUT2D eigenvalue weighted by molar-refractivity contribution is 6.14. The predicted molar refractivity (Wildman–Crippen MR) is 222 cm³/mol. The molecule has 3 aromatic heterocycles. The molecule has 5 N–H and O–H groups in total. The van der Waals surface area contributed by atoms with Gasteiger partial charge in [-0.3, -0.25) is 35.0 Å². The van der Waals surface area contributed by atoms with Gasteiger partial charge in [0.05, 0.1) is 24.2 Å². The molecule has 60 heavy (non-hydrogen) atoms. The Balaban J connectivity index is 0.945. The van der Waals surface area contributed by atoms with Gasteiger partial charge < -0.3 is 20.5 Å². The third-order valence-electron chi connectivity index (χ3n) is 11.0. The fourth-order valence-electron chi connectivity index (χ4n) is 7.50. The van der Waals surface area contributed by atoms with Crippen molar-refractivity contribution in [2.45, 2.75) is 70.8 Å². The quantitative estimate of drug-likeness (QED) is 0.0894. The second-order valence-corrected chi connectivity index (χ2v) is 16.5. The van der Waals surface area contributed by atoms with Crippen LogP contribution >= 0.6 is 0 Å². The minimum Gasteiger partial charge on any atom is -0.383 e. The van der Waals surface area contributed by atoms with E-state index in [1.807, 2.05) is 83.1 Å². The normalized spacial score (nSPS) is 17.0. The lowest BCUT2D eigenvalue weighted by Crippen LogP contribution is -2.49. The summed E-state index contributed by atoms with van der Waals surface area (Å²) in [5, 5.41) is 18.1. The third kappa shape index (κ3) is 9.08. The molecule has 14 nitrogen and oxygen atoms in total. The molecular weight excluding hydrogens is 771 g/mol. The van der Waals surface area contributed by atoms with Crippen LogP contribution < -0.4 is 21.3 Å². The van der Waals surface area contributed by atoms with Crippen LogP contribution in [0.3, 0.4) is 0 Å². The van der Waals surface area contributed by atoms with E-state index < -0.39 is 30.2 Å². The van der Waals surface area contributed by atoms with Crippen molar-refractivity contribution < 1.29 is 27.7 Å². The number of alkyl halides is 2. The number of hydrogen-bond acceptors (Lipinski definition) is 12. The molecular formula is C44H48F2N10O4. The first kappa shape index (κ1) is 41.7. The summed E-state index contributed by atoms with van der Waals surface area (Å²) in [6.07, 6.45) is 3.51. The van der Waals surface area contributed by atoms with Crippen molar-refractivity contribution >= 4 is 34.9 Å². The molecule has 7 rings (SSSR count). The summed E-state index contributed by atoms with van der Waals surface area (Å²) in [5.41, 5.74) is 11.7. The van der Waals surface area contributed by atoms with Crippen LogP contribution in [0.5, 0.6) is 0 Å². The van der Waals surface area contributed by atoms with Gasteiger partial charge >= 0.3 is 5.92 Å². The number of nitrogen functional groups attached to an aromatic ring is 1. The van der Waals surface area contributed by atoms with Gasteiger partial charge in [0.1, 0.15) is 11.5 Å². The Labute approximate surface area is 346 Å². The highest BCUT2D eigenvalue weighted by Gasteiger charge is 2.37. The van der Waals surface area contributed by atoms with Crippen molar-refractivity contribution in [3.8, 4) is 11.1 Å². The highest BCUT2D eigenvalue weighted by Crippen LogP contribution is 2.32. The maximum atomic E-state index is 15.4. The molecule has 0 spiro atoms. The molecule has 2 aliphatic rings. The first-order valence-corrected chi connectivity index (χ1v) is 19.8. The van der Waals surface area contributed by atoms with Crippen molar-refractivity contribution in [3.63, 3.8) is 0 Å². The van der Waals surface area contributed by atoms with E-state index in [1.54, 1.807) is 11.1 Å². The van der Waals surface area contributed by atoms with Gasteiger partial charge in [0.15, 0.2) is 0 Å². The number of amides is 3. The number of pyridine rings is 2. The SMILES string of the molecule is Cc1cc(C(=N)c2cc(-c3ccc(N4CCN(CC(F)(F)c5ccc(C6CCC(=O)NC6=O)cn5)CC4)cc3)cnc2N)ccc1[C@@H](C)NC(=O)c1noc(C(C)(C)C)n1. The molecule has 0 saturated carbocycles. The van der Waals surface area contributed by atoms with Gasteiger partial charge in [-0.2, -0.15) is 13.8 Å². The van der Waals surface area contributed by atoms with E-state index in [0.717, 1.165) is 27.9 Å². The Bertz CT molecular complexity index is 2420. The topological polar surface area (TPSA) is 196 Å². The van der Waals surface area contributed by atoms with Crippen LogP contribution in [0.1, 0.15) is 103 Å². The van der Waals surface area contributed by atoms with Crippen molar-refractivity contribution in [3.05, 3.63) is 118 Å². The van der Waals surface area contributed by atoms with Crippen LogP contribution in [0.2, 0.25) is 0 Å². The van der Waals surface area contributed by atoms with Crippen LogP contribution in [0.25, 0.3) is 11.1 Å². The Morgan fingerprint density at radius 2 is 1.73 bits per heavy atom. The molecule has 16 heteroatoms. The van der Waals surface area contributed by atoms with Gasteiger partial charge in [-0.1, -0.05) is 56.3 Å². The van der Waals surface area contributed by atoms with Gasteiger partial charge in [0, 0.05) is 72.8 Å². The molecule has 2 fully saturated rings. The number of carbonyl (C=O) groups excluding carboxylic acids is 3. The van der Waals surface area contributed by atoms with Crippen molar-refractivity contribution in [2.24, 2.45) is 0 Å². The molecule has 2 atom stereocenters. The van der Waals surface area contributed by atoms with Gasteiger partial charge in [0.25, 0.3) is 11.7 Å². The monoisotopic (exact) mass is 818 g/mol. The number of aryl methyl sites for hydroxylation is 1. The number of imide groups is 1. The molecule has 2 saturated heterocycles. The average molecular weight is 819 g/mol. The largest absolute Gasteiger partial charge is 0.383 e. The third-order valence-corrected chi connectivity index (χ3v) is 11.0. The first-order valence-electron chi connectivity index (χ1n) is 19.8. The number of anilines is 2. The number of benzene rings is 2. The van der Waals surface area contributed by atoms with E-state index in [9.17, 15) is 14.4 Å².